The van der Waals surface area contributed by atoms with Crippen LogP contribution in [-0.2, 0) is 4.79 Å². The van der Waals surface area contributed by atoms with Gasteiger partial charge in [0.2, 0.25) is 0 Å². The van der Waals surface area contributed by atoms with Crippen molar-refractivity contribution in [1.29, 1.82) is 0 Å². The molecule has 0 aliphatic carbocycles. The molecule has 0 N–H and O–H groups in total. The predicted molar refractivity (Wildman–Crippen MR) is 103 cm³/mol. The maximum Gasteiger partial charge on any atom is 0.263 e. The first-order valence-corrected chi connectivity index (χ1v) is 9.10. The van der Waals surface area contributed by atoms with Gasteiger partial charge in [0, 0.05) is 31.9 Å². The lowest BCUT2D eigenvalue weighted by Crippen LogP contribution is -2.52. The van der Waals surface area contributed by atoms with Gasteiger partial charge >= 0.3 is 0 Å². The number of para-hydroxylation sites is 1. The van der Waals surface area contributed by atoms with Crippen molar-refractivity contribution >= 4 is 11.6 Å². The molecule has 2 aromatic rings. The normalized spacial score (nSPS) is 15.5. The van der Waals surface area contributed by atoms with Crippen molar-refractivity contribution in [1.82, 2.24) is 4.90 Å². The van der Waals surface area contributed by atoms with Gasteiger partial charge in [-0.05, 0) is 42.8 Å². The quantitative estimate of drug-likeness (QED) is 0.799. The topological polar surface area (TPSA) is 42.0 Å². The van der Waals surface area contributed by atoms with Gasteiger partial charge in [0.25, 0.3) is 5.91 Å². The molecule has 1 amide bonds. The van der Waals surface area contributed by atoms with Crippen LogP contribution in [0.15, 0.2) is 54.6 Å². The Morgan fingerprint density at radius 2 is 1.58 bits per heavy atom. The Kier molecular flexibility index (Phi) is 6.00. The summed E-state index contributed by atoms with van der Waals surface area (Å²) >= 11 is 0. The van der Waals surface area contributed by atoms with Crippen LogP contribution in [0.2, 0.25) is 0 Å². The molecule has 1 aliphatic heterocycles. The van der Waals surface area contributed by atoms with E-state index in [4.69, 9.17) is 9.47 Å². The fourth-order valence-electron chi connectivity index (χ4n) is 3.15. The average molecular weight is 354 g/mol. The zero-order valence-electron chi connectivity index (χ0n) is 15.4. The van der Waals surface area contributed by atoms with Crippen molar-refractivity contribution in [2.24, 2.45) is 0 Å². The fourth-order valence-corrected chi connectivity index (χ4v) is 3.15. The maximum absolute atomic E-state index is 12.9. The van der Waals surface area contributed by atoms with E-state index >= 15 is 0 Å². The lowest BCUT2D eigenvalue weighted by atomic mass is 10.2. The SMILES string of the molecule is CC[C@H](Oc1ccc(OC)cc1)C(=O)N1CCN(c2ccccc2)CC1. The fraction of sp³-hybridized carbons (Fsp3) is 0.381. The summed E-state index contributed by atoms with van der Waals surface area (Å²) in [5.41, 5.74) is 1.21. The van der Waals surface area contributed by atoms with Crippen LogP contribution in [0.3, 0.4) is 0 Å². The highest BCUT2D eigenvalue weighted by Crippen LogP contribution is 2.21. The Balaban J connectivity index is 1.57. The predicted octanol–water partition coefficient (Wildman–Crippen LogP) is 3.20. The lowest BCUT2D eigenvalue weighted by molar-refractivity contribution is -0.139. The van der Waals surface area contributed by atoms with Gasteiger partial charge in [-0.25, -0.2) is 0 Å². The van der Waals surface area contributed by atoms with E-state index in [2.05, 4.69) is 17.0 Å². The van der Waals surface area contributed by atoms with Crippen molar-refractivity contribution in [2.75, 3.05) is 38.2 Å². The number of carbonyl (C=O) groups is 1. The highest BCUT2D eigenvalue weighted by atomic mass is 16.5. The first-order valence-electron chi connectivity index (χ1n) is 9.10. The van der Waals surface area contributed by atoms with Gasteiger partial charge in [0.15, 0.2) is 6.10 Å². The van der Waals surface area contributed by atoms with Gasteiger partial charge in [-0.3, -0.25) is 4.79 Å². The molecule has 1 atom stereocenters. The van der Waals surface area contributed by atoms with E-state index in [9.17, 15) is 4.79 Å². The Morgan fingerprint density at radius 3 is 2.15 bits per heavy atom. The minimum atomic E-state index is -0.452. The van der Waals surface area contributed by atoms with Gasteiger partial charge < -0.3 is 19.3 Å². The van der Waals surface area contributed by atoms with Crippen molar-refractivity contribution in [2.45, 2.75) is 19.4 Å². The molecule has 0 aromatic heterocycles. The summed E-state index contributed by atoms with van der Waals surface area (Å²) in [4.78, 5) is 17.1. The Labute approximate surface area is 155 Å². The number of benzene rings is 2. The minimum Gasteiger partial charge on any atom is -0.497 e. The van der Waals surface area contributed by atoms with Gasteiger partial charge in [0.05, 0.1) is 7.11 Å². The molecule has 26 heavy (non-hydrogen) atoms. The van der Waals surface area contributed by atoms with E-state index in [0.717, 1.165) is 31.9 Å². The summed E-state index contributed by atoms with van der Waals surface area (Å²) in [6.07, 6.45) is 0.190. The average Bonchev–Trinajstić information content (AvgIpc) is 2.72. The standard InChI is InChI=1S/C21H26N2O3/c1-3-20(26-19-11-9-18(25-2)10-12-19)21(24)23-15-13-22(14-16-23)17-7-5-4-6-8-17/h4-12,20H,3,13-16H2,1-2H3/t20-/m0/s1. The second-order valence-electron chi connectivity index (χ2n) is 6.34. The second-order valence-corrected chi connectivity index (χ2v) is 6.34. The van der Waals surface area contributed by atoms with Crippen molar-refractivity contribution in [3.05, 3.63) is 54.6 Å². The smallest absolute Gasteiger partial charge is 0.263 e. The van der Waals surface area contributed by atoms with Crippen LogP contribution in [0.4, 0.5) is 5.69 Å². The van der Waals surface area contributed by atoms with Gasteiger partial charge in [-0.2, -0.15) is 0 Å². The Morgan fingerprint density at radius 1 is 0.962 bits per heavy atom. The minimum absolute atomic E-state index is 0.0658. The number of carbonyl (C=O) groups excluding carboxylic acids is 1. The van der Waals surface area contributed by atoms with Crippen molar-refractivity contribution in [3.8, 4) is 11.5 Å². The number of hydrogen-bond donors (Lipinski definition) is 0. The molecule has 0 bridgehead atoms. The molecule has 0 unspecified atom stereocenters. The molecule has 5 nitrogen and oxygen atoms in total. The first kappa shape index (κ1) is 18.1. The van der Waals surface area contributed by atoms with Gasteiger partial charge in [-0.15, -0.1) is 0 Å². The molecule has 0 spiro atoms. The molecule has 1 saturated heterocycles. The number of methoxy groups -OCH3 is 1. The lowest BCUT2D eigenvalue weighted by Gasteiger charge is -2.37. The summed E-state index contributed by atoms with van der Waals surface area (Å²) in [5, 5.41) is 0. The van der Waals surface area contributed by atoms with Gasteiger partial charge in [-0.1, -0.05) is 25.1 Å². The van der Waals surface area contributed by atoms with Crippen molar-refractivity contribution in [3.63, 3.8) is 0 Å². The third kappa shape index (κ3) is 4.28. The van der Waals surface area contributed by atoms with E-state index in [1.165, 1.54) is 5.69 Å². The number of amides is 1. The highest BCUT2D eigenvalue weighted by molar-refractivity contribution is 5.81. The third-order valence-electron chi connectivity index (χ3n) is 4.70. The molecule has 1 aliphatic rings. The summed E-state index contributed by atoms with van der Waals surface area (Å²) in [7, 11) is 1.63. The largest absolute Gasteiger partial charge is 0.497 e. The molecule has 2 aromatic carbocycles. The van der Waals surface area contributed by atoms with Crippen LogP contribution in [0, 0.1) is 0 Å². The monoisotopic (exact) mass is 354 g/mol. The summed E-state index contributed by atoms with van der Waals surface area (Å²) < 4.78 is 11.1. The summed E-state index contributed by atoms with van der Waals surface area (Å²) in [6.45, 7) is 5.10. The summed E-state index contributed by atoms with van der Waals surface area (Å²) in [6, 6.07) is 17.7. The second kappa shape index (κ2) is 8.61. The molecule has 138 valence electrons. The molecule has 1 fully saturated rings. The van der Waals surface area contributed by atoms with E-state index in [1.807, 2.05) is 54.3 Å². The summed E-state index contributed by atoms with van der Waals surface area (Å²) in [5.74, 6) is 1.53. The van der Waals surface area contributed by atoms with E-state index < -0.39 is 6.10 Å². The number of piperazine rings is 1. The van der Waals surface area contributed by atoms with Crippen LogP contribution in [0.25, 0.3) is 0 Å². The Hall–Kier alpha value is -2.69. The van der Waals surface area contributed by atoms with E-state index in [1.54, 1.807) is 7.11 Å². The van der Waals surface area contributed by atoms with Crippen molar-refractivity contribution < 1.29 is 14.3 Å². The highest BCUT2D eigenvalue weighted by Gasteiger charge is 2.27. The number of anilines is 1. The Bertz CT molecular complexity index is 695. The molecule has 3 rings (SSSR count). The zero-order chi connectivity index (χ0) is 18.4. The molecule has 0 saturated carbocycles. The van der Waals surface area contributed by atoms with Crippen LogP contribution < -0.4 is 14.4 Å². The van der Waals surface area contributed by atoms with Crippen LogP contribution in [-0.4, -0.2) is 50.2 Å². The number of hydrogen-bond acceptors (Lipinski definition) is 4. The number of ether oxygens (including phenoxy) is 2. The van der Waals surface area contributed by atoms with E-state index in [-0.39, 0.29) is 5.91 Å². The van der Waals surface area contributed by atoms with Crippen LogP contribution >= 0.6 is 0 Å². The molecular formula is C21H26N2O3. The number of rotatable bonds is 6. The molecule has 1 heterocycles. The molecule has 0 radical (unpaired) electrons. The van der Waals surface area contributed by atoms with Crippen LogP contribution in [0.5, 0.6) is 11.5 Å². The first-order chi connectivity index (χ1) is 12.7. The third-order valence-corrected chi connectivity index (χ3v) is 4.70. The number of nitrogens with zero attached hydrogens (tertiary/aromatic N) is 2. The van der Waals surface area contributed by atoms with E-state index in [0.29, 0.717) is 12.2 Å². The molecule has 5 heteroatoms. The molecular weight excluding hydrogens is 328 g/mol. The van der Waals surface area contributed by atoms with Gasteiger partial charge in [0.1, 0.15) is 11.5 Å². The maximum atomic E-state index is 12.9. The zero-order valence-corrected chi connectivity index (χ0v) is 15.4. The van der Waals surface area contributed by atoms with Crippen LogP contribution in [0.1, 0.15) is 13.3 Å².